The molecule has 3 aromatic heterocycles. The van der Waals surface area contributed by atoms with E-state index in [1.165, 1.54) is 12.3 Å². The topological polar surface area (TPSA) is 132 Å². The van der Waals surface area contributed by atoms with Crippen molar-refractivity contribution in [3.63, 3.8) is 0 Å². The van der Waals surface area contributed by atoms with Crippen LogP contribution in [0.15, 0.2) is 40.3 Å². The van der Waals surface area contributed by atoms with Crippen LogP contribution in [0, 0.1) is 11.6 Å². The maximum absolute atomic E-state index is 15.1. The molecule has 0 fully saturated rings. The molecule has 4 rings (SSSR count). The number of benzene rings is 1. The summed E-state index contributed by atoms with van der Waals surface area (Å²) in [6.45, 7) is 1.73. The highest BCUT2D eigenvalue weighted by molar-refractivity contribution is 5.86. The molecule has 0 aliphatic carbocycles. The minimum atomic E-state index is -4.91. The first-order valence-corrected chi connectivity index (χ1v) is 12.2. The molecule has 4 N–H and O–H groups in total. The third kappa shape index (κ3) is 6.00. The lowest BCUT2D eigenvalue weighted by atomic mass is 10.1. The minimum absolute atomic E-state index is 0.00478. The maximum atomic E-state index is 15.1. The number of aromatic nitrogens is 5. The van der Waals surface area contributed by atoms with E-state index in [1.54, 1.807) is 12.0 Å². The summed E-state index contributed by atoms with van der Waals surface area (Å²) in [5, 5.41) is 7.26. The highest BCUT2D eigenvalue weighted by Crippen LogP contribution is 2.32. The number of aromatic amines is 1. The van der Waals surface area contributed by atoms with Crippen molar-refractivity contribution in [2.75, 3.05) is 11.1 Å². The average Bonchev–Trinajstić information content (AvgIpc) is 2.90. The summed E-state index contributed by atoms with van der Waals surface area (Å²) in [4.78, 5) is 32.0. The Balaban J connectivity index is 1.55. The van der Waals surface area contributed by atoms with Gasteiger partial charge in [0.15, 0.2) is 17.5 Å². The number of rotatable bonds is 9. The normalized spacial score (nSPS) is 12.7. The molecule has 1 unspecified atom stereocenters. The van der Waals surface area contributed by atoms with Gasteiger partial charge in [0, 0.05) is 25.0 Å². The lowest BCUT2D eigenvalue weighted by Gasteiger charge is -2.20. The van der Waals surface area contributed by atoms with E-state index in [2.05, 4.69) is 20.4 Å². The van der Waals surface area contributed by atoms with Crippen molar-refractivity contribution in [2.45, 2.75) is 51.4 Å². The van der Waals surface area contributed by atoms with Crippen LogP contribution in [-0.2, 0) is 12.7 Å². The molecule has 0 aliphatic rings. The quantitative estimate of drug-likeness (QED) is 0.235. The van der Waals surface area contributed by atoms with Gasteiger partial charge in [-0.25, -0.2) is 32.6 Å². The second kappa shape index (κ2) is 11.5. The molecule has 0 saturated carbocycles. The Labute approximate surface area is 226 Å². The largest absolute Gasteiger partial charge is 0.423 e. The Bertz CT molecular complexity index is 1700. The number of aryl methyl sites for hydroxylation is 1. The van der Waals surface area contributed by atoms with Gasteiger partial charge >= 0.3 is 6.18 Å². The van der Waals surface area contributed by atoms with Crippen LogP contribution in [0.4, 0.5) is 42.2 Å². The van der Waals surface area contributed by atoms with Crippen molar-refractivity contribution >= 4 is 22.3 Å². The van der Waals surface area contributed by atoms with Gasteiger partial charge in [-0.3, -0.25) is 9.59 Å². The van der Waals surface area contributed by atoms with Gasteiger partial charge in [-0.1, -0.05) is 6.92 Å². The fraction of sp³-hybridized carbons (Fsp3) is 0.320. The monoisotopic (exact) mass is 585 g/mol. The number of halogens is 7. The summed E-state index contributed by atoms with van der Waals surface area (Å²) in [5.74, 6) is -4.02. The van der Waals surface area contributed by atoms with E-state index in [9.17, 15) is 35.9 Å². The Morgan fingerprint density at radius 3 is 2.51 bits per heavy atom. The number of H-pyrrole nitrogens is 1. The SMILES string of the molecule is CCC(CCCn1ccc2cc(-c3ncc(C(F)F)c(N)n3)c(F)c(F)c2c1=O)Nc1cn[nH]c(=O)c1C(F)(F)F. The second-order valence-corrected chi connectivity index (χ2v) is 9.04. The van der Waals surface area contributed by atoms with Gasteiger partial charge in [-0.05, 0) is 36.8 Å². The summed E-state index contributed by atoms with van der Waals surface area (Å²) in [6.07, 6.45) is -4.11. The molecule has 218 valence electrons. The third-order valence-electron chi connectivity index (χ3n) is 6.41. The standard InChI is InChI=1S/C25H22F7N7O2/c1-2-12(36-15-10-35-38-23(40)17(15)25(30,31)32)4-3-6-39-7-5-11-8-13(18(26)19(27)16(11)24(39)41)22-34-9-14(20(28)29)21(33)37-22/h5,7-10,12,20H,2-4,6H2,1H3,(H2,33,34,37)(H2,36,38,40). The predicted molar refractivity (Wildman–Crippen MR) is 135 cm³/mol. The van der Waals surface area contributed by atoms with E-state index >= 15 is 4.39 Å². The number of nitrogens with two attached hydrogens (primary N) is 1. The van der Waals surface area contributed by atoms with E-state index in [-0.39, 0.29) is 24.8 Å². The fourth-order valence-electron chi connectivity index (χ4n) is 4.31. The zero-order valence-electron chi connectivity index (χ0n) is 21.2. The Kier molecular flexibility index (Phi) is 8.30. The van der Waals surface area contributed by atoms with E-state index in [0.717, 1.165) is 16.8 Å². The van der Waals surface area contributed by atoms with Crippen LogP contribution < -0.4 is 22.2 Å². The van der Waals surface area contributed by atoms with Crippen molar-refractivity contribution < 1.29 is 30.7 Å². The van der Waals surface area contributed by atoms with Crippen LogP contribution >= 0.6 is 0 Å². The number of pyridine rings is 1. The Morgan fingerprint density at radius 2 is 1.88 bits per heavy atom. The number of nitrogens with one attached hydrogen (secondary N) is 2. The lowest BCUT2D eigenvalue weighted by Crippen LogP contribution is -2.28. The van der Waals surface area contributed by atoms with Crippen LogP contribution in [0.5, 0.6) is 0 Å². The van der Waals surface area contributed by atoms with Crippen molar-refractivity contribution in [3.05, 3.63) is 74.2 Å². The van der Waals surface area contributed by atoms with Crippen molar-refractivity contribution in [3.8, 4) is 11.4 Å². The first kappa shape index (κ1) is 29.5. The van der Waals surface area contributed by atoms with Crippen LogP contribution in [0.1, 0.15) is 43.7 Å². The van der Waals surface area contributed by atoms with Crippen LogP contribution in [-0.4, -0.2) is 30.8 Å². The predicted octanol–water partition coefficient (Wildman–Crippen LogP) is 5.03. The number of fused-ring (bicyclic) bond motifs is 1. The van der Waals surface area contributed by atoms with Crippen molar-refractivity contribution in [1.82, 2.24) is 24.7 Å². The van der Waals surface area contributed by atoms with Crippen molar-refractivity contribution in [1.29, 1.82) is 0 Å². The average molecular weight is 585 g/mol. The van der Waals surface area contributed by atoms with Crippen LogP contribution in [0.2, 0.25) is 0 Å². The molecule has 0 spiro atoms. The molecule has 0 radical (unpaired) electrons. The van der Waals surface area contributed by atoms with Crippen molar-refractivity contribution in [2.24, 2.45) is 0 Å². The maximum Gasteiger partial charge on any atom is 0.423 e. The molecule has 0 bridgehead atoms. The summed E-state index contributed by atoms with van der Waals surface area (Å²) < 4.78 is 97.0. The highest BCUT2D eigenvalue weighted by Gasteiger charge is 2.37. The molecule has 1 aromatic carbocycles. The molecule has 1 atom stereocenters. The molecule has 41 heavy (non-hydrogen) atoms. The number of nitrogen functional groups attached to an aromatic ring is 1. The molecule has 0 saturated heterocycles. The first-order valence-electron chi connectivity index (χ1n) is 12.2. The Morgan fingerprint density at radius 1 is 1.15 bits per heavy atom. The van der Waals surface area contributed by atoms with Gasteiger partial charge in [-0.15, -0.1) is 0 Å². The molecule has 3 heterocycles. The highest BCUT2D eigenvalue weighted by atomic mass is 19.4. The molecule has 9 nitrogen and oxygen atoms in total. The number of alkyl halides is 5. The van der Waals surface area contributed by atoms with E-state index in [4.69, 9.17) is 5.73 Å². The number of anilines is 2. The molecule has 0 amide bonds. The first-order chi connectivity index (χ1) is 19.3. The van der Waals surface area contributed by atoms with E-state index < -0.39 is 80.8 Å². The fourth-order valence-corrected chi connectivity index (χ4v) is 4.31. The summed E-state index contributed by atoms with van der Waals surface area (Å²) in [5.41, 5.74) is 0.178. The summed E-state index contributed by atoms with van der Waals surface area (Å²) >= 11 is 0. The van der Waals surface area contributed by atoms with Gasteiger partial charge in [0.2, 0.25) is 0 Å². The smallest absolute Gasteiger partial charge is 0.383 e. The Hall–Kier alpha value is -4.50. The van der Waals surface area contributed by atoms with Crippen LogP contribution in [0.3, 0.4) is 0 Å². The second-order valence-electron chi connectivity index (χ2n) is 9.04. The van der Waals surface area contributed by atoms with Gasteiger partial charge in [0.05, 0.1) is 28.4 Å². The number of nitrogens with zero attached hydrogens (tertiary/aromatic N) is 4. The molecule has 4 aromatic rings. The van der Waals surface area contributed by atoms with Gasteiger partial charge < -0.3 is 15.6 Å². The zero-order valence-corrected chi connectivity index (χ0v) is 21.2. The minimum Gasteiger partial charge on any atom is -0.383 e. The number of hydrogen-bond acceptors (Lipinski definition) is 7. The summed E-state index contributed by atoms with van der Waals surface area (Å²) in [7, 11) is 0. The zero-order chi connectivity index (χ0) is 30.1. The molecule has 16 heteroatoms. The van der Waals surface area contributed by atoms with E-state index in [1.807, 2.05) is 0 Å². The third-order valence-corrected chi connectivity index (χ3v) is 6.41. The molecular weight excluding hydrogens is 563 g/mol. The van der Waals surface area contributed by atoms with Gasteiger partial charge in [0.25, 0.3) is 17.5 Å². The van der Waals surface area contributed by atoms with Gasteiger partial charge in [0.1, 0.15) is 11.4 Å². The van der Waals surface area contributed by atoms with E-state index in [0.29, 0.717) is 12.6 Å². The molecule has 0 aliphatic heterocycles. The van der Waals surface area contributed by atoms with Gasteiger partial charge in [-0.2, -0.15) is 18.3 Å². The van der Waals surface area contributed by atoms with Crippen LogP contribution in [0.25, 0.3) is 22.2 Å². The molecular formula is C25H22F7N7O2. The lowest BCUT2D eigenvalue weighted by molar-refractivity contribution is -0.138. The summed E-state index contributed by atoms with van der Waals surface area (Å²) in [6, 6.07) is 1.91. The number of hydrogen-bond donors (Lipinski definition) is 3.